The molecule has 7 N–H and O–H groups in total. The van der Waals surface area contributed by atoms with Gasteiger partial charge in [0, 0.05) is 6.54 Å². The number of carboxylic acids is 1. The molecule has 0 saturated carbocycles. The molecule has 0 aliphatic heterocycles. The average Bonchev–Trinajstić information content (AvgIpc) is 2.23. The first-order valence-electron chi connectivity index (χ1n) is 4.68. The maximum Gasteiger partial charge on any atom is 0.322 e. The van der Waals surface area contributed by atoms with E-state index in [0.29, 0.717) is 6.54 Å². The van der Waals surface area contributed by atoms with E-state index >= 15 is 0 Å². The standard InChI is InChI=1S/C8H16N4O4/c1-2-11-7(15)5(9)6(10)8(16)12-3-4(13)14/h5-6H,2-3,9-10H2,1H3,(H,11,15)(H,12,16)(H,13,14)/t5-,6+/m0/s1. The quantitative estimate of drug-likeness (QED) is 0.329. The summed E-state index contributed by atoms with van der Waals surface area (Å²) in [4.78, 5) is 32.6. The highest BCUT2D eigenvalue weighted by Crippen LogP contribution is 1.88. The maximum absolute atomic E-state index is 11.2. The SMILES string of the molecule is CCNC(=O)[C@@H](N)[C@@H](N)C(=O)NCC(=O)O. The van der Waals surface area contributed by atoms with Crippen LogP contribution in [-0.4, -0.2) is 48.1 Å². The van der Waals surface area contributed by atoms with Gasteiger partial charge in [-0.3, -0.25) is 14.4 Å². The van der Waals surface area contributed by atoms with Crippen molar-refractivity contribution in [1.82, 2.24) is 10.6 Å². The summed E-state index contributed by atoms with van der Waals surface area (Å²) in [5, 5.41) is 12.8. The number of nitrogens with two attached hydrogens (primary N) is 2. The largest absolute Gasteiger partial charge is 0.480 e. The second kappa shape index (κ2) is 6.75. The molecule has 0 saturated heterocycles. The fraction of sp³-hybridized carbons (Fsp3) is 0.625. The van der Waals surface area contributed by atoms with Crippen LogP contribution < -0.4 is 22.1 Å². The van der Waals surface area contributed by atoms with Gasteiger partial charge in [0.25, 0.3) is 0 Å². The number of nitrogens with one attached hydrogen (secondary N) is 2. The smallest absolute Gasteiger partial charge is 0.322 e. The van der Waals surface area contributed by atoms with E-state index in [0.717, 1.165) is 0 Å². The van der Waals surface area contributed by atoms with Gasteiger partial charge in [0.15, 0.2) is 0 Å². The fourth-order valence-electron chi connectivity index (χ4n) is 0.899. The summed E-state index contributed by atoms with van der Waals surface area (Å²) in [5.74, 6) is -2.53. The second-order valence-electron chi connectivity index (χ2n) is 3.06. The van der Waals surface area contributed by atoms with Gasteiger partial charge < -0.3 is 27.2 Å². The van der Waals surface area contributed by atoms with Crippen LogP contribution in [0.5, 0.6) is 0 Å². The Hall–Kier alpha value is -1.67. The molecule has 2 amide bonds. The molecule has 0 aromatic heterocycles. The molecule has 8 nitrogen and oxygen atoms in total. The molecule has 0 fully saturated rings. The molecule has 16 heavy (non-hydrogen) atoms. The lowest BCUT2D eigenvalue weighted by Gasteiger charge is -2.17. The minimum Gasteiger partial charge on any atom is -0.480 e. The third kappa shape index (κ3) is 4.71. The van der Waals surface area contributed by atoms with Gasteiger partial charge in [0.05, 0.1) is 0 Å². The zero-order chi connectivity index (χ0) is 12.7. The predicted molar refractivity (Wildman–Crippen MR) is 55.3 cm³/mol. The highest BCUT2D eigenvalue weighted by Gasteiger charge is 2.26. The summed E-state index contributed by atoms with van der Waals surface area (Å²) in [6, 6.07) is -2.47. The second-order valence-corrected chi connectivity index (χ2v) is 3.06. The normalized spacial score (nSPS) is 13.7. The van der Waals surface area contributed by atoms with Gasteiger partial charge in [-0.05, 0) is 6.92 Å². The van der Waals surface area contributed by atoms with Crippen molar-refractivity contribution in [2.24, 2.45) is 11.5 Å². The van der Waals surface area contributed by atoms with E-state index in [9.17, 15) is 14.4 Å². The number of carbonyl (C=O) groups is 3. The summed E-state index contributed by atoms with van der Waals surface area (Å²) < 4.78 is 0. The van der Waals surface area contributed by atoms with Crippen LogP contribution in [0.2, 0.25) is 0 Å². The summed E-state index contributed by atoms with van der Waals surface area (Å²) in [6.07, 6.45) is 0. The molecular weight excluding hydrogens is 216 g/mol. The van der Waals surface area contributed by atoms with Gasteiger partial charge in [-0.1, -0.05) is 0 Å². The number of likely N-dealkylation sites (N-methyl/N-ethyl adjacent to an activating group) is 1. The minimum atomic E-state index is -1.27. The Balaban J connectivity index is 4.20. The van der Waals surface area contributed by atoms with Gasteiger partial charge in [-0.25, -0.2) is 0 Å². The molecule has 0 rings (SSSR count). The van der Waals surface area contributed by atoms with E-state index in [1.807, 2.05) is 5.32 Å². The van der Waals surface area contributed by atoms with E-state index in [2.05, 4.69) is 5.32 Å². The number of carboxylic acid groups (broad SMARTS) is 1. The predicted octanol–water partition coefficient (Wildman–Crippen LogP) is -3.02. The lowest BCUT2D eigenvalue weighted by atomic mass is 10.1. The van der Waals surface area contributed by atoms with Crippen molar-refractivity contribution < 1.29 is 19.5 Å². The van der Waals surface area contributed by atoms with Crippen molar-refractivity contribution in [3.63, 3.8) is 0 Å². The average molecular weight is 232 g/mol. The zero-order valence-corrected chi connectivity index (χ0v) is 8.90. The van der Waals surface area contributed by atoms with Gasteiger partial charge in [-0.2, -0.15) is 0 Å². The molecule has 0 unspecified atom stereocenters. The fourth-order valence-corrected chi connectivity index (χ4v) is 0.899. The summed E-state index contributed by atoms with van der Waals surface area (Å²) in [5.41, 5.74) is 10.8. The van der Waals surface area contributed by atoms with E-state index < -0.39 is 36.4 Å². The monoisotopic (exact) mass is 232 g/mol. The van der Waals surface area contributed by atoms with E-state index in [1.165, 1.54) is 0 Å². The third-order valence-corrected chi connectivity index (χ3v) is 1.76. The van der Waals surface area contributed by atoms with Crippen LogP contribution in [0, 0.1) is 0 Å². The molecule has 92 valence electrons. The van der Waals surface area contributed by atoms with Crippen molar-refractivity contribution in [3.8, 4) is 0 Å². The first-order chi connectivity index (χ1) is 7.40. The van der Waals surface area contributed by atoms with Gasteiger partial charge >= 0.3 is 5.97 Å². The van der Waals surface area contributed by atoms with Crippen molar-refractivity contribution >= 4 is 17.8 Å². The lowest BCUT2D eigenvalue weighted by molar-refractivity contribution is -0.138. The first kappa shape index (κ1) is 14.3. The van der Waals surface area contributed by atoms with Crippen LogP contribution >= 0.6 is 0 Å². The van der Waals surface area contributed by atoms with Crippen molar-refractivity contribution in [3.05, 3.63) is 0 Å². The summed E-state index contributed by atoms with van der Waals surface area (Å²) >= 11 is 0. The molecule has 8 heteroatoms. The topological polar surface area (TPSA) is 148 Å². The number of amides is 2. The molecule has 0 aliphatic carbocycles. The molecule has 0 aromatic rings. The van der Waals surface area contributed by atoms with Crippen molar-refractivity contribution in [2.45, 2.75) is 19.0 Å². The number of aliphatic carboxylic acids is 1. The third-order valence-electron chi connectivity index (χ3n) is 1.76. The minimum absolute atomic E-state index is 0.371. The van der Waals surface area contributed by atoms with Crippen LogP contribution in [-0.2, 0) is 14.4 Å². The van der Waals surface area contributed by atoms with Crippen molar-refractivity contribution in [2.75, 3.05) is 13.1 Å². The van der Waals surface area contributed by atoms with E-state index in [-0.39, 0.29) is 0 Å². The van der Waals surface area contributed by atoms with Crippen LogP contribution in [0.15, 0.2) is 0 Å². The highest BCUT2D eigenvalue weighted by atomic mass is 16.4. The molecule has 0 aliphatic rings. The molecule has 2 atom stereocenters. The Labute approximate surface area is 92.4 Å². The summed E-state index contributed by atoms with van der Waals surface area (Å²) in [7, 11) is 0. The Morgan fingerprint density at radius 2 is 1.56 bits per heavy atom. The molecule has 0 aromatic carbocycles. The summed E-state index contributed by atoms with van der Waals surface area (Å²) in [6.45, 7) is 1.51. The van der Waals surface area contributed by atoms with Crippen LogP contribution in [0.3, 0.4) is 0 Å². The molecular formula is C8H16N4O4. The molecule has 0 spiro atoms. The van der Waals surface area contributed by atoms with Gasteiger partial charge in [-0.15, -0.1) is 0 Å². The zero-order valence-electron chi connectivity index (χ0n) is 8.90. The maximum atomic E-state index is 11.2. The first-order valence-corrected chi connectivity index (χ1v) is 4.68. The molecule has 0 heterocycles. The van der Waals surface area contributed by atoms with Gasteiger partial charge in [0.2, 0.25) is 11.8 Å². The Morgan fingerprint density at radius 3 is 1.94 bits per heavy atom. The lowest BCUT2D eigenvalue weighted by Crippen LogP contribution is -2.58. The number of rotatable bonds is 6. The Morgan fingerprint density at radius 1 is 1.12 bits per heavy atom. The Bertz CT molecular complexity index is 281. The molecule has 0 bridgehead atoms. The van der Waals surface area contributed by atoms with Crippen LogP contribution in [0.4, 0.5) is 0 Å². The highest BCUT2D eigenvalue weighted by molar-refractivity contribution is 5.93. The number of hydrogen-bond acceptors (Lipinski definition) is 5. The molecule has 0 radical (unpaired) electrons. The van der Waals surface area contributed by atoms with Crippen LogP contribution in [0.25, 0.3) is 0 Å². The van der Waals surface area contributed by atoms with Crippen molar-refractivity contribution in [1.29, 1.82) is 0 Å². The van der Waals surface area contributed by atoms with Crippen LogP contribution in [0.1, 0.15) is 6.92 Å². The number of hydrogen-bond donors (Lipinski definition) is 5. The van der Waals surface area contributed by atoms with Gasteiger partial charge in [0.1, 0.15) is 18.6 Å². The number of carbonyl (C=O) groups excluding carboxylic acids is 2. The van der Waals surface area contributed by atoms with E-state index in [4.69, 9.17) is 16.6 Å². The van der Waals surface area contributed by atoms with E-state index in [1.54, 1.807) is 6.92 Å². The Kier molecular flexibility index (Phi) is 6.04.